The van der Waals surface area contributed by atoms with Crippen molar-refractivity contribution in [3.8, 4) is 0 Å². The minimum atomic E-state index is 0.475. The van der Waals surface area contributed by atoms with Gasteiger partial charge in [0.1, 0.15) is 0 Å². The molecule has 0 amide bonds. The summed E-state index contributed by atoms with van der Waals surface area (Å²) in [6.07, 6.45) is 14.6. The Bertz CT molecular complexity index is 247. The van der Waals surface area contributed by atoms with Gasteiger partial charge >= 0.3 is 0 Å². The van der Waals surface area contributed by atoms with Gasteiger partial charge in [-0.15, -0.1) is 0 Å². The zero-order valence-electron chi connectivity index (χ0n) is 13.5. The average Bonchev–Trinajstić information content (AvgIpc) is 2.39. The molecule has 112 valence electrons. The van der Waals surface area contributed by atoms with Crippen LogP contribution in [0.3, 0.4) is 0 Å². The predicted molar refractivity (Wildman–Crippen MR) is 84.4 cm³/mol. The Kier molecular flexibility index (Phi) is 5.74. The summed E-state index contributed by atoms with van der Waals surface area (Å²) in [6, 6.07) is 0.789. The number of nitrogens with one attached hydrogen (secondary N) is 1. The third-order valence-electron chi connectivity index (χ3n) is 5.56. The molecule has 0 aromatic carbocycles. The van der Waals surface area contributed by atoms with E-state index in [0.717, 1.165) is 17.9 Å². The first kappa shape index (κ1) is 15.4. The molecule has 0 radical (unpaired) electrons. The van der Waals surface area contributed by atoms with Gasteiger partial charge in [-0.05, 0) is 43.1 Å². The van der Waals surface area contributed by atoms with E-state index in [4.69, 9.17) is 0 Å². The fourth-order valence-corrected chi connectivity index (χ4v) is 4.36. The number of rotatable bonds is 4. The molecule has 0 bridgehead atoms. The van der Waals surface area contributed by atoms with E-state index in [2.05, 4.69) is 26.1 Å². The highest BCUT2D eigenvalue weighted by atomic mass is 14.9. The molecule has 2 unspecified atom stereocenters. The highest BCUT2D eigenvalue weighted by Crippen LogP contribution is 2.38. The van der Waals surface area contributed by atoms with Crippen LogP contribution < -0.4 is 5.32 Å². The van der Waals surface area contributed by atoms with E-state index >= 15 is 0 Å². The monoisotopic (exact) mass is 265 g/mol. The molecule has 2 atom stereocenters. The molecule has 0 saturated heterocycles. The van der Waals surface area contributed by atoms with Gasteiger partial charge in [-0.3, -0.25) is 0 Å². The Morgan fingerprint density at radius 3 is 2.16 bits per heavy atom. The maximum Gasteiger partial charge on any atom is 0.0100 e. The highest BCUT2D eigenvalue weighted by Gasteiger charge is 2.33. The van der Waals surface area contributed by atoms with Crippen LogP contribution in [-0.2, 0) is 0 Å². The minimum absolute atomic E-state index is 0.475. The normalized spacial score (nSPS) is 30.5. The van der Waals surface area contributed by atoms with Gasteiger partial charge in [-0.2, -0.15) is 0 Å². The summed E-state index contributed by atoms with van der Waals surface area (Å²) in [5.41, 5.74) is 0.475. The van der Waals surface area contributed by atoms with Crippen molar-refractivity contribution in [2.75, 3.05) is 6.54 Å². The molecule has 2 aliphatic carbocycles. The third kappa shape index (κ3) is 4.77. The third-order valence-corrected chi connectivity index (χ3v) is 5.56. The van der Waals surface area contributed by atoms with Gasteiger partial charge in [0.25, 0.3) is 0 Å². The molecular weight excluding hydrogens is 230 g/mol. The van der Waals surface area contributed by atoms with Crippen molar-refractivity contribution in [2.45, 2.75) is 91.0 Å². The van der Waals surface area contributed by atoms with E-state index in [0.29, 0.717) is 5.41 Å². The molecule has 0 aromatic rings. The van der Waals surface area contributed by atoms with Crippen molar-refractivity contribution in [1.29, 1.82) is 0 Å². The number of hydrogen-bond donors (Lipinski definition) is 1. The fourth-order valence-electron chi connectivity index (χ4n) is 4.36. The van der Waals surface area contributed by atoms with Gasteiger partial charge in [0.2, 0.25) is 0 Å². The second kappa shape index (κ2) is 7.11. The molecule has 2 aliphatic rings. The van der Waals surface area contributed by atoms with Crippen molar-refractivity contribution in [1.82, 2.24) is 5.32 Å². The lowest BCUT2D eigenvalue weighted by atomic mass is 9.69. The Morgan fingerprint density at radius 2 is 1.47 bits per heavy atom. The Morgan fingerprint density at radius 1 is 0.842 bits per heavy atom. The quantitative estimate of drug-likeness (QED) is 0.741. The van der Waals surface area contributed by atoms with E-state index in [1.807, 2.05) is 0 Å². The fraction of sp³-hybridized carbons (Fsp3) is 1.00. The van der Waals surface area contributed by atoms with E-state index in [9.17, 15) is 0 Å². The van der Waals surface area contributed by atoms with Crippen LogP contribution in [0, 0.1) is 17.3 Å². The molecule has 0 aromatic heterocycles. The van der Waals surface area contributed by atoms with Gasteiger partial charge in [0, 0.05) is 6.04 Å². The Hall–Kier alpha value is -0.0400. The first-order chi connectivity index (χ1) is 9.07. The van der Waals surface area contributed by atoms with Crippen LogP contribution in [0.5, 0.6) is 0 Å². The molecule has 1 nitrogen and oxygen atoms in total. The van der Waals surface area contributed by atoms with Crippen LogP contribution in [0.2, 0.25) is 0 Å². The summed E-state index contributed by atoms with van der Waals surface area (Å²) in [6.45, 7) is 8.55. The van der Waals surface area contributed by atoms with E-state index in [-0.39, 0.29) is 0 Å². The van der Waals surface area contributed by atoms with Crippen LogP contribution in [0.1, 0.15) is 85.0 Å². The summed E-state index contributed by atoms with van der Waals surface area (Å²) >= 11 is 0. The SMILES string of the molecule is CC(C)(C)C1CCCCC1NCCC1CCCCC1. The first-order valence-corrected chi connectivity index (χ1v) is 8.81. The van der Waals surface area contributed by atoms with Crippen molar-refractivity contribution < 1.29 is 0 Å². The Labute approximate surface area is 120 Å². The maximum absolute atomic E-state index is 3.93. The maximum atomic E-state index is 3.93. The first-order valence-electron chi connectivity index (χ1n) is 8.81. The van der Waals surface area contributed by atoms with E-state index in [1.165, 1.54) is 70.8 Å². The summed E-state index contributed by atoms with van der Waals surface area (Å²) in [7, 11) is 0. The van der Waals surface area contributed by atoms with Crippen LogP contribution in [0.4, 0.5) is 0 Å². The summed E-state index contributed by atoms with van der Waals surface area (Å²) < 4.78 is 0. The zero-order chi connectivity index (χ0) is 13.7. The molecule has 0 spiro atoms. The lowest BCUT2D eigenvalue weighted by Crippen LogP contribution is -2.44. The molecule has 0 aliphatic heterocycles. The van der Waals surface area contributed by atoms with E-state index < -0.39 is 0 Å². The highest BCUT2D eigenvalue weighted by molar-refractivity contribution is 4.88. The van der Waals surface area contributed by atoms with Crippen molar-refractivity contribution >= 4 is 0 Å². The molecular formula is C18H35N. The van der Waals surface area contributed by atoms with Crippen molar-refractivity contribution in [3.63, 3.8) is 0 Å². The van der Waals surface area contributed by atoms with Crippen LogP contribution in [0.15, 0.2) is 0 Å². The minimum Gasteiger partial charge on any atom is -0.314 e. The number of hydrogen-bond acceptors (Lipinski definition) is 1. The van der Waals surface area contributed by atoms with E-state index in [1.54, 1.807) is 0 Å². The zero-order valence-corrected chi connectivity index (χ0v) is 13.5. The second-order valence-electron chi connectivity index (χ2n) is 8.11. The van der Waals surface area contributed by atoms with Gasteiger partial charge < -0.3 is 5.32 Å². The molecule has 2 fully saturated rings. The molecule has 2 rings (SSSR count). The van der Waals surface area contributed by atoms with Crippen LogP contribution >= 0.6 is 0 Å². The lowest BCUT2D eigenvalue weighted by molar-refractivity contribution is 0.129. The summed E-state index contributed by atoms with van der Waals surface area (Å²) in [4.78, 5) is 0. The van der Waals surface area contributed by atoms with Crippen molar-refractivity contribution in [2.24, 2.45) is 17.3 Å². The van der Waals surface area contributed by atoms with Gasteiger partial charge in [-0.25, -0.2) is 0 Å². The molecule has 1 N–H and O–H groups in total. The van der Waals surface area contributed by atoms with Gasteiger partial charge in [0.15, 0.2) is 0 Å². The summed E-state index contributed by atoms with van der Waals surface area (Å²) in [5, 5.41) is 3.93. The topological polar surface area (TPSA) is 12.0 Å². The predicted octanol–water partition coefficient (Wildman–Crippen LogP) is 5.15. The summed E-state index contributed by atoms with van der Waals surface area (Å²) in [5.74, 6) is 1.91. The average molecular weight is 265 g/mol. The van der Waals surface area contributed by atoms with Crippen LogP contribution in [-0.4, -0.2) is 12.6 Å². The smallest absolute Gasteiger partial charge is 0.0100 e. The largest absolute Gasteiger partial charge is 0.314 e. The molecule has 2 saturated carbocycles. The molecule has 0 heterocycles. The lowest BCUT2D eigenvalue weighted by Gasteiger charge is -2.41. The Balaban J connectivity index is 1.73. The van der Waals surface area contributed by atoms with Crippen LogP contribution in [0.25, 0.3) is 0 Å². The molecule has 1 heteroatoms. The second-order valence-corrected chi connectivity index (χ2v) is 8.11. The standard InChI is InChI=1S/C18H35N/c1-18(2,3)16-11-7-8-12-17(16)19-14-13-15-9-5-4-6-10-15/h15-17,19H,4-14H2,1-3H3. The van der Waals surface area contributed by atoms with Crippen molar-refractivity contribution in [3.05, 3.63) is 0 Å². The van der Waals surface area contributed by atoms with Gasteiger partial charge in [0.05, 0.1) is 0 Å². The van der Waals surface area contributed by atoms with Gasteiger partial charge in [-0.1, -0.05) is 65.7 Å². The molecule has 19 heavy (non-hydrogen) atoms.